The van der Waals surface area contributed by atoms with E-state index in [1.165, 1.54) is 0 Å². The highest BCUT2D eigenvalue weighted by atomic mass is 79.9. The molecule has 1 aromatic rings. The van der Waals surface area contributed by atoms with Gasteiger partial charge in [-0.3, -0.25) is 9.59 Å². The van der Waals surface area contributed by atoms with Gasteiger partial charge in [0.2, 0.25) is 5.91 Å². The minimum atomic E-state index is -1.08. The van der Waals surface area contributed by atoms with Crippen LogP contribution in [0.2, 0.25) is 0 Å². The molecule has 126 valence electrons. The Labute approximate surface area is 143 Å². The van der Waals surface area contributed by atoms with E-state index in [2.05, 4.69) is 26.6 Å². The average molecular weight is 385 g/mol. The number of carbonyl (C=O) groups is 3. The summed E-state index contributed by atoms with van der Waals surface area (Å²) < 4.78 is 0.803. The van der Waals surface area contributed by atoms with Gasteiger partial charge in [-0.15, -0.1) is 0 Å². The van der Waals surface area contributed by atoms with E-state index in [0.29, 0.717) is 12.0 Å². The summed E-state index contributed by atoms with van der Waals surface area (Å²) in [5, 5.41) is 14.0. The number of hydrogen-bond donors (Lipinski definition) is 3. The molecule has 0 radical (unpaired) electrons. The summed E-state index contributed by atoms with van der Waals surface area (Å²) in [7, 11) is 0. The van der Waals surface area contributed by atoms with E-state index >= 15 is 0 Å². The molecule has 0 unspecified atom stereocenters. The lowest BCUT2D eigenvalue weighted by Crippen LogP contribution is -2.46. The Bertz CT molecular complexity index is 602. The van der Waals surface area contributed by atoms with Crippen molar-refractivity contribution < 1.29 is 19.5 Å². The highest BCUT2D eigenvalue weighted by molar-refractivity contribution is 9.10. The Hall–Kier alpha value is -1.89. The van der Waals surface area contributed by atoms with Gasteiger partial charge in [0.05, 0.1) is 6.54 Å². The molecular weight excluding hydrogens is 364 g/mol. The molecule has 0 heterocycles. The molecule has 23 heavy (non-hydrogen) atoms. The minimum Gasteiger partial charge on any atom is -0.480 e. The number of halogens is 1. The van der Waals surface area contributed by atoms with E-state index in [-0.39, 0.29) is 18.4 Å². The first-order chi connectivity index (χ1) is 10.7. The fourth-order valence-corrected chi connectivity index (χ4v) is 2.41. The van der Waals surface area contributed by atoms with Crippen LogP contribution < -0.4 is 10.6 Å². The number of rotatable bonds is 7. The summed E-state index contributed by atoms with van der Waals surface area (Å²) in [4.78, 5) is 35.0. The van der Waals surface area contributed by atoms with E-state index in [1.54, 1.807) is 19.1 Å². The van der Waals surface area contributed by atoms with Crippen LogP contribution in [0.25, 0.3) is 0 Å². The highest BCUT2D eigenvalue weighted by Crippen LogP contribution is 2.19. The molecule has 0 bridgehead atoms. The topological polar surface area (TPSA) is 95.5 Å². The lowest BCUT2D eigenvalue weighted by Gasteiger charge is -2.16. The van der Waals surface area contributed by atoms with Crippen LogP contribution in [0.3, 0.4) is 0 Å². The molecule has 7 heteroatoms. The van der Waals surface area contributed by atoms with Crippen LogP contribution in [-0.2, 0) is 9.59 Å². The van der Waals surface area contributed by atoms with Crippen molar-refractivity contribution in [2.45, 2.75) is 33.2 Å². The first-order valence-electron chi connectivity index (χ1n) is 7.27. The van der Waals surface area contributed by atoms with Gasteiger partial charge in [-0.25, -0.2) is 4.79 Å². The van der Waals surface area contributed by atoms with Crippen molar-refractivity contribution in [3.8, 4) is 0 Å². The normalized spacial score (nSPS) is 11.9. The smallest absolute Gasteiger partial charge is 0.326 e. The van der Waals surface area contributed by atoms with Gasteiger partial charge in [0.15, 0.2) is 0 Å². The van der Waals surface area contributed by atoms with Crippen molar-refractivity contribution in [3.63, 3.8) is 0 Å². The van der Waals surface area contributed by atoms with Gasteiger partial charge in [-0.05, 0) is 37.0 Å². The monoisotopic (exact) mass is 384 g/mol. The predicted molar refractivity (Wildman–Crippen MR) is 90.2 cm³/mol. The molecule has 0 aliphatic rings. The minimum absolute atomic E-state index is 0.135. The third-order valence-electron chi connectivity index (χ3n) is 3.26. The Morgan fingerprint density at radius 1 is 1.26 bits per heavy atom. The van der Waals surface area contributed by atoms with Gasteiger partial charge in [0, 0.05) is 10.0 Å². The molecular formula is C16H21BrN2O4. The van der Waals surface area contributed by atoms with Crippen molar-refractivity contribution >= 4 is 33.7 Å². The van der Waals surface area contributed by atoms with Crippen LogP contribution in [0.5, 0.6) is 0 Å². The Morgan fingerprint density at radius 3 is 2.48 bits per heavy atom. The number of aliphatic carboxylic acids is 1. The zero-order chi connectivity index (χ0) is 17.6. The van der Waals surface area contributed by atoms with Crippen molar-refractivity contribution in [3.05, 3.63) is 33.8 Å². The second-order valence-electron chi connectivity index (χ2n) is 5.68. The summed E-state index contributed by atoms with van der Waals surface area (Å²) in [6.45, 7) is 5.27. The summed E-state index contributed by atoms with van der Waals surface area (Å²) in [5.41, 5.74) is 1.23. The van der Waals surface area contributed by atoms with Crippen LogP contribution in [0.15, 0.2) is 22.7 Å². The summed E-state index contributed by atoms with van der Waals surface area (Å²) >= 11 is 3.34. The van der Waals surface area contributed by atoms with Gasteiger partial charge in [-0.1, -0.05) is 35.8 Å². The Morgan fingerprint density at radius 2 is 1.91 bits per heavy atom. The predicted octanol–water partition coefficient (Wildman–Crippen LogP) is 2.10. The number of benzene rings is 1. The van der Waals surface area contributed by atoms with Crippen molar-refractivity contribution in [1.82, 2.24) is 10.6 Å². The fraction of sp³-hybridized carbons (Fsp3) is 0.438. The van der Waals surface area contributed by atoms with Crippen LogP contribution in [0, 0.1) is 12.8 Å². The highest BCUT2D eigenvalue weighted by Gasteiger charge is 2.21. The van der Waals surface area contributed by atoms with Crippen LogP contribution >= 0.6 is 15.9 Å². The zero-order valence-electron chi connectivity index (χ0n) is 13.4. The van der Waals surface area contributed by atoms with E-state index < -0.39 is 17.9 Å². The molecule has 0 saturated carbocycles. The number of carbonyl (C=O) groups excluding carboxylic acids is 2. The first kappa shape index (κ1) is 19.2. The molecule has 1 atom stereocenters. The third-order valence-corrected chi connectivity index (χ3v) is 4.12. The van der Waals surface area contributed by atoms with Crippen LogP contribution in [0.4, 0.5) is 0 Å². The second-order valence-corrected chi connectivity index (χ2v) is 6.54. The van der Waals surface area contributed by atoms with Gasteiger partial charge in [-0.2, -0.15) is 0 Å². The molecule has 6 nitrogen and oxygen atoms in total. The lowest BCUT2D eigenvalue weighted by molar-refractivity contribution is -0.142. The van der Waals surface area contributed by atoms with Crippen molar-refractivity contribution in [2.24, 2.45) is 5.92 Å². The average Bonchev–Trinajstić information content (AvgIpc) is 2.46. The standard InChI is InChI=1S/C16H21BrN2O4/c1-9(2)7-13(16(22)23)19-14(20)8-18-15(21)11-5-4-6-12(17)10(11)3/h4-6,9,13H,7-8H2,1-3H3,(H,18,21)(H,19,20)(H,22,23)/t13-/m0/s1. The quantitative estimate of drug-likeness (QED) is 0.670. The molecule has 0 spiro atoms. The molecule has 0 saturated heterocycles. The maximum Gasteiger partial charge on any atom is 0.326 e. The molecule has 1 rings (SSSR count). The second kappa shape index (κ2) is 8.67. The van der Waals surface area contributed by atoms with Crippen molar-refractivity contribution in [2.75, 3.05) is 6.54 Å². The lowest BCUT2D eigenvalue weighted by atomic mass is 10.0. The fourth-order valence-electron chi connectivity index (χ4n) is 2.05. The number of amides is 2. The number of carboxylic acids is 1. The maximum absolute atomic E-state index is 12.1. The van der Waals surface area contributed by atoms with Crippen LogP contribution in [-0.4, -0.2) is 35.5 Å². The molecule has 0 aromatic heterocycles. The number of carboxylic acid groups (broad SMARTS) is 1. The maximum atomic E-state index is 12.1. The molecule has 1 aromatic carbocycles. The van der Waals surface area contributed by atoms with E-state index in [1.807, 2.05) is 19.9 Å². The molecule has 2 amide bonds. The zero-order valence-corrected chi connectivity index (χ0v) is 14.9. The van der Waals surface area contributed by atoms with Gasteiger partial charge < -0.3 is 15.7 Å². The third kappa shape index (κ3) is 6.02. The van der Waals surface area contributed by atoms with Gasteiger partial charge in [0.25, 0.3) is 5.91 Å². The summed E-state index contributed by atoms with van der Waals surface area (Å²) in [6.07, 6.45) is 0.333. The molecule has 0 aliphatic carbocycles. The van der Waals surface area contributed by atoms with Gasteiger partial charge >= 0.3 is 5.97 Å². The molecule has 0 aliphatic heterocycles. The first-order valence-corrected chi connectivity index (χ1v) is 8.07. The Balaban J connectivity index is 2.60. The number of nitrogens with one attached hydrogen (secondary N) is 2. The summed E-state index contributed by atoms with van der Waals surface area (Å²) in [6, 6.07) is 4.26. The summed E-state index contributed by atoms with van der Waals surface area (Å²) in [5.74, 6) is -1.86. The SMILES string of the molecule is Cc1c(Br)cccc1C(=O)NCC(=O)N[C@@H](CC(C)C)C(=O)O. The van der Waals surface area contributed by atoms with E-state index in [4.69, 9.17) is 5.11 Å². The van der Waals surface area contributed by atoms with Crippen LogP contribution in [0.1, 0.15) is 36.2 Å². The van der Waals surface area contributed by atoms with E-state index in [9.17, 15) is 14.4 Å². The largest absolute Gasteiger partial charge is 0.480 e. The number of hydrogen-bond acceptors (Lipinski definition) is 3. The molecule has 3 N–H and O–H groups in total. The van der Waals surface area contributed by atoms with Crippen molar-refractivity contribution in [1.29, 1.82) is 0 Å². The molecule has 0 fully saturated rings. The Kier molecular flexibility index (Phi) is 7.22. The van der Waals surface area contributed by atoms with E-state index in [0.717, 1.165) is 10.0 Å². The van der Waals surface area contributed by atoms with Gasteiger partial charge in [0.1, 0.15) is 6.04 Å².